The Bertz CT molecular complexity index is 1420. The summed E-state index contributed by atoms with van der Waals surface area (Å²) in [5.41, 5.74) is -0.0372. The molecule has 0 radical (unpaired) electrons. The van der Waals surface area contributed by atoms with E-state index in [2.05, 4.69) is 15.3 Å². The topological polar surface area (TPSA) is 122 Å². The Morgan fingerprint density at radius 1 is 1.13 bits per heavy atom. The number of amides is 1. The molecule has 1 amide bonds. The number of ether oxygens (including phenoxy) is 1. The Morgan fingerprint density at radius 3 is 2.51 bits per heavy atom. The molecule has 1 atom stereocenters. The van der Waals surface area contributed by atoms with Crippen molar-refractivity contribution in [3.8, 4) is 17.0 Å². The Kier molecular flexibility index (Phi) is 8.47. The summed E-state index contributed by atoms with van der Waals surface area (Å²) in [7, 11) is -4.05. The molecule has 1 aliphatic rings. The average Bonchev–Trinajstić information content (AvgIpc) is 3.42. The highest BCUT2D eigenvalue weighted by Gasteiger charge is 2.39. The number of pyridine rings is 2. The van der Waals surface area contributed by atoms with E-state index in [9.17, 15) is 30.8 Å². The van der Waals surface area contributed by atoms with Crippen molar-refractivity contribution in [2.75, 3.05) is 19.8 Å². The summed E-state index contributed by atoms with van der Waals surface area (Å²) in [6.07, 6.45) is -2.82. The van der Waals surface area contributed by atoms with Crippen molar-refractivity contribution in [2.24, 2.45) is 0 Å². The quantitative estimate of drug-likeness (QED) is 0.381. The predicted octanol–water partition coefficient (Wildman–Crippen LogP) is 3.14. The first kappa shape index (κ1) is 28.4. The number of carbonyl (C=O) groups is 1. The van der Waals surface area contributed by atoms with E-state index in [4.69, 9.17) is 9.84 Å². The Labute approximate surface area is 221 Å². The number of aliphatic hydroxyl groups excluding tert-OH is 1. The lowest BCUT2D eigenvalue weighted by Crippen LogP contribution is -2.45. The Hall–Kier alpha value is -3.62. The summed E-state index contributed by atoms with van der Waals surface area (Å²) < 4.78 is 84.5. The van der Waals surface area contributed by atoms with Gasteiger partial charge in [-0.25, -0.2) is 17.8 Å². The van der Waals surface area contributed by atoms with Gasteiger partial charge >= 0.3 is 6.18 Å². The van der Waals surface area contributed by atoms with E-state index < -0.39 is 39.7 Å². The highest BCUT2D eigenvalue weighted by atomic mass is 32.2. The van der Waals surface area contributed by atoms with Crippen LogP contribution in [0.15, 0.2) is 59.6 Å². The zero-order valence-corrected chi connectivity index (χ0v) is 21.2. The van der Waals surface area contributed by atoms with Crippen LogP contribution >= 0.6 is 0 Å². The fourth-order valence-electron chi connectivity index (χ4n) is 4.10. The first-order chi connectivity index (χ1) is 18.5. The summed E-state index contributed by atoms with van der Waals surface area (Å²) in [5, 5.41) is 11.7. The first-order valence-electron chi connectivity index (χ1n) is 11.8. The fraction of sp³-hybridized carbons (Fsp3) is 0.320. The van der Waals surface area contributed by atoms with Gasteiger partial charge in [0.1, 0.15) is 24.2 Å². The summed E-state index contributed by atoms with van der Waals surface area (Å²) >= 11 is 0. The largest absolute Gasteiger partial charge is 0.475 e. The van der Waals surface area contributed by atoms with E-state index in [-0.39, 0.29) is 49.2 Å². The van der Waals surface area contributed by atoms with Gasteiger partial charge in [0.05, 0.1) is 23.7 Å². The van der Waals surface area contributed by atoms with Crippen molar-refractivity contribution in [1.82, 2.24) is 19.6 Å². The third-order valence-corrected chi connectivity index (χ3v) is 7.88. The second kappa shape index (κ2) is 11.6. The average molecular weight is 569 g/mol. The monoisotopic (exact) mass is 568 g/mol. The third-order valence-electron chi connectivity index (χ3n) is 5.95. The van der Waals surface area contributed by atoms with Crippen molar-refractivity contribution in [1.29, 1.82) is 0 Å². The van der Waals surface area contributed by atoms with E-state index >= 15 is 0 Å². The summed E-state index contributed by atoms with van der Waals surface area (Å²) in [4.78, 5) is 20.6. The van der Waals surface area contributed by atoms with Crippen molar-refractivity contribution >= 4 is 15.9 Å². The van der Waals surface area contributed by atoms with Crippen LogP contribution in [0.2, 0.25) is 0 Å². The number of nitrogens with zero attached hydrogens (tertiary/aromatic N) is 3. The molecule has 0 bridgehead atoms. The number of nitrogens with one attached hydrogen (secondary N) is 1. The number of rotatable bonds is 9. The minimum atomic E-state index is -4.60. The molecule has 2 N–H and O–H groups in total. The normalized spacial score (nSPS) is 16.3. The number of hydrogen-bond donors (Lipinski definition) is 2. The number of aliphatic hydroxyl groups is 1. The first-order valence-corrected chi connectivity index (χ1v) is 13.3. The molecule has 1 aromatic carbocycles. The molecule has 14 heteroatoms. The van der Waals surface area contributed by atoms with Crippen molar-refractivity contribution < 1.29 is 40.6 Å². The molecule has 0 saturated carbocycles. The molecule has 208 valence electrons. The molecule has 3 heterocycles. The molecule has 3 aromatic rings. The molecule has 1 aliphatic heterocycles. The van der Waals surface area contributed by atoms with E-state index in [0.717, 1.165) is 40.8 Å². The molecule has 0 aliphatic carbocycles. The van der Waals surface area contributed by atoms with Crippen molar-refractivity contribution in [2.45, 2.75) is 36.5 Å². The Balaban J connectivity index is 1.52. The number of hydrogen-bond acceptors (Lipinski definition) is 7. The van der Waals surface area contributed by atoms with Gasteiger partial charge in [-0.1, -0.05) is 6.07 Å². The maximum Gasteiger partial charge on any atom is 0.433 e. The highest BCUT2D eigenvalue weighted by Crippen LogP contribution is 2.30. The van der Waals surface area contributed by atoms with Crippen molar-refractivity contribution in [3.63, 3.8) is 0 Å². The number of sulfonamides is 1. The number of carbonyl (C=O) groups excluding carboxylic acids is 1. The number of benzene rings is 1. The number of halogens is 4. The summed E-state index contributed by atoms with van der Waals surface area (Å²) in [5.74, 6) is -1.10. The van der Waals surface area contributed by atoms with Crippen LogP contribution in [0.5, 0.6) is 5.88 Å². The lowest BCUT2D eigenvalue weighted by atomic mass is 10.1. The SMILES string of the molecule is O=C(NCc1cc(-c2ccc(C(F)(F)F)nc2)cc(OCCO)n1)C1CCCN1S(=O)(=O)c1ccc(F)cc1. The number of aromatic nitrogens is 2. The predicted molar refractivity (Wildman–Crippen MR) is 130 cm³/mol. The second-order valence-corrected chi connectivity index (χ2v) is 10.5. The molecular weight excluding hydrogens is 544 g/mol. The lowest BCUT2D eigenvalue weighted by Gasteiger charge is -2.23. The Morgan fingerprint density at radius 2 is 1.87 bits per heavy atom. The van der Waals surface area contributed by atoms with Crippen LogP contribution in [0.1, 0.15) is 24.2 Å². The molecule has 1 fully saturated rings. The molecule has 1 saturated heterocycles. The fourth-order valence-corrected chi connectivity index (χ4v) is 5.76. The van der Waals surface area contributed by atoms with Gasteiger partial charge < -0.3 is 15.2 Å². The number of alkyl halides is 3. The van der Waals surface area contributed by atoms with Crippen LogP contribution in [0.4, 0.5) is 17.6 Å². The van der Waals surface area contributed by atoms with Crippen LogP contribution in [-0.4, -0.2) is 59.5 Å². The molecule has 39 heavy (non-hydrogen) atoms. The van der Waals surface area contributed by atoms with Gasteiger partial charge in [0.15, 0.2) is 0 Å². The van der Waals surface area contributed by atoms with Crippen molar-refractivity contribution in [3.05, 3.63) is 71.9 Å². The van der Waals surface area contributed by atoms with Gasteiger partial charge in [0.25, 0.3) is 0 Å². The van der Waals surface area contributed by atoms with Crippen LogP contribution in [0.25, 0.3) is 11.1 Å². The maximum atomic E-state index is 13.3. The van der Waals surface area contributed by atoms with E-state index in [0.29, 0.717) is 17.5 Å². The molecule has 1 unspecified atom stereocenters. The lowest BCUT2D eigenvalue weighted by molar-refractivity contribution is -0.141. The van der Waals surface area contributed by atoms with Gasteiger partial charge in [-0.05, 0) is 54.8 Å². The van der Waals surface area contributed by atoms with Gasteiger partial charge in [0, 0.05) is 24.4 Å². The summed E-state index contributed by atoms with van der Waals surface area (Å²) in [6, 6.07) is 8.39. The van der Waals surface area contributed by atoms with E-state index in [1.807, 2.05) is 0 Å². The molecule has 2 aromatic heterocycles. The minimum Gasteiger partial charge on any atom is -0.475 e. The standard InChI is InChI=1S/C25H24F4N4O5S/c26-18-4-6-20(7-5-18)39(36,37)33-9-1-2-21(33)24(35)31-15-19-12-17(13-23(32-19)38-11-10-34)16-3-8-22(30-14-16)25(27,28)29/h3-8,12-14,21,34H,1-2,9-11,15H2,(H,31,35). The summed E-state index contributed by atoms with van der Waals surface area (Å²) in [6.45, 7) is -0.422. The molecular formula is C25H24F4N4O5S. The van der Waals surface area contributed by atoms with Crippen LogP contribution in [-0.2, 0) is 27.5 Å². The second-order valence-electron chi connectivity index (χ2n) is 8.63. The van der Waals surface area contributed by atoms with Gasteiger partial charge in [-0.2, -0.15) is 17.5 Å². The van der Waals surface area contributed by atoms with Crippen LogP contribution in [0.3, 0.4) is 0 Å². The van der Waals surface area contributed by atoms with Gasteiger partial charge in [-0.15, -0.1) is 0 Å². The van der Waals surface area contributed by atoms with Crippen LogP contribution in [0, 0.1) is 5.82 Å². The van der Waals surface area contributed by atoms with Crippen LogP contribution < -0.4 is 10.1 Å². The zero-order chi connectivity index (χ0) is 28.2. The van der Waals surface area contributed by atoms with E-state index in [1.165, 1.54) is 18.2 Å². The highest BCUT2D eigenvalue weighted by molar-refractivity contribution is 7.89. The van der Waals surface area contributed by atoms with Gasteiger partial charge in [-0.3, -0.25) is 9.78 Å². The van der Waals surface area contributed by atoms with Gasteiger partial charge in [0.2, 0.25) is 21.8 Å². The third kappa shape index (κ3) is 6.69. The molecule has 4 rings (SSSR count). The zero-order valence-electron chi connectivity index (χ0n) is 20.4. The minimum absolute atomic E-state index is 0.0621. The van der Waals surface area contributed by atoms with E-state index in [1.54, 1.807) is 0 Å². The molecule has 0 spiro atoms. The molecule has 9 nitrogen and oxygen atoms in total. The smallest absolute Gasteiger partial charge is 0.433 e. The maximum absolute atomic E-state index is 13.3.